The number of rotatable bonds is 8. The van der Waals surface area contributed by atoms with Gasteiger partial charge in [0, 0.05) is 16.5 Å². The lowest BCUT2D eigenvalue weighted by Crippen LogP contribution is -2.19. The first-order chi connectivity index (χ1) is 12.7. The molecule has 3 rings (SSSR count). The molecule has 1 atom stereocenters. The van der Waals surface area contributed by atoms with Crippen LogP contribution in [0.2, 0.25) is 0 Å². The van der Waals surface area contributed by atoms with E-state index in [4.69, 9.17) is 4.74 Å². The average molecular weight is 461 g/mol. The molecule has 26 heavy (non-hydrogen) atoms. The van der Waals surface area contributed by atoms with E-state index in [1.54, 1.807) is 12.1 Å². The highest BCUT2D eigenvalue weighted by Gasteiger charge is 2.14. The molecule has 0 amide bonds. The minimum Gasteiger partial charge on any atom is -0.486 e. The number of hydrogen-bond acceptors (Lipinski definition) is 2. The van der Waals surface area contributed by atoms with Gasteiger partial charge < -0.3 is 10.1 Å². The highest BCUT2D eigenvalue weighted by molar-refractivity contribution is 14.1. The van der Waals surface area contributed by atoms with Crippen LogP contribution < -0.4 is 10.1 Å². The molecule has 0 aliphatic rings. The molecule has 0 aromatic heterocycles. The molecular formula is C22H21FINO. The Balaban J connectivity index is 1.63. The van der Waals surface area contributed by atoms with Crippen LogP contribution in [0.5, 0.6) is 5.75 Å². The van der Waals surface area contributed by atoms with E-state index in [1.165, 1.54) is 17.7 Å². The quantitative estimate of drug-likeness (QED) is 0.342. The maximum absolute atomic E-state index is 13.3. The maximum atomic E-state index is 13.3. The first-order valence-corrected chi connectivity index (χ1v) is 9.71. The Morgan fingerprint density at radius 3 is 2.42 bits per heavy atom. The lowest BCUT2D eigenvalue weighted by molar-refractivity contribution is 0.193. The summed E-state index contributed by atoms with van der Waals surface area (Å²) in [6.07, 6.45) is 0.668. The SMILES string of the molecule is Fc1ccc(C(CCNCc2ccccc2)Oc2cccc(I)c2)cc1. The zero-order valence-electron chi connectivity index (χ0n) is 14.4. The fourth-order valence-electron chi connectivity index (χ4n) is 2.74. The zero-order valence-corrected chi connectivity index (χ0v) is 16.5. The van der Waals surface area contributed by atoms with Crippen LogP contribution in [0.3, 0.4) is 0 Å². The van der Waals surface area contributed by atoms with E-state index < -0.39 is 0 Å². The molecule has 0 heterocycles. The molecule has 1 N–H and O–H groups in total. The molecule has 0 saturated carbocycles. The minimum atomic E-state index is -0.232. The third-order valence-corrected chi connectivity index (χ3v) is 4.74. The molecule has 0 saturated heterocycles. The average Bonchev–Trinajstić information content (AvgIpc) is 2.66. The van der Waals surface area contributed by atoms with E-state index in [-0.39, 0.29) is 11.9 Å². The summed E-state index contributed by atoms with van der Waals surface area (Å²) in [6.45, 7) is 1.63. The predicted octanol–water partition coefficient (Wildman–Crippen LogP) is 5.73. The largest absolute Gasteiger partial charge is 0.486 e. The van der Waals surface area contributed by atoms with Crippen LogP contribution in [-0.4, -0.2) is 6.54 Å². The Morgan fingerprint density at radius 2 is 1.69 bits per heavy atom. The summed E-state index contributed by atoms with van der Waals surface area (Å²) in [5, 5.41) is 3.45. The molecule has 1 unspecified atom stereocenters. The lowest BCUT2D eigenvalue weighted by atomic mass is 10.1. The molecule has 3 aromatic rings. The van der Waals surface area contributed by atoms with E-state index >= 15 is 0 Å². The van der Waals surface area contributed by atoms with Gasteiger partial charge in [-0.15, -0.1) is 0 Å². The van der Waals surface area contributed by atoms with Crippen molar-refractivity contribution in [3.8, 4) is 5.75 Å². The Morgan fingerprint density at radius 1 is 0.923 bits per heavy atom. The Hall–Kier alpha value is -1.92. The second-order valence-electron chi connectivity index (χ2n) is 6.07. The Kier molecular flexibility index (Phi) is 7.03. The van der Waals surface area contributed by atoms with Gasteiger partial charge in [0.05, 0.1) is 0 Å². The van der Waals surface area contributed by atoms with Crippen LogP contribution in [0.15, 0.2) is 78.9 Å². The zero-order chi connectivity index (χ0) is 18.2. The van der Waals surface area contributed by atoms with Gasteiger partial charge >= 0.3 is 0 Å². The molecule has 3 aromatic carbocycles. The summed E-state index contributed by atoms with van der Waals surface area (Å²) in [6, 6.07) is 24.8. The van der Waals surface area contributed by atoms with Crippen LogP contribution >= 0.6 is 22.6 Å². The summed E-state index contributed by atoms with van der Waals surface area (Å²) in [4.78, 5) is 0. The number of halogens is 2. The standard InChI is InChI=1S/C22H21FINO/c23-19-11-9-18(10-12-19)22(26-21-8-4-7-20(24)15-21)13-14-25-16-17-5-2-1-3-6-17/h1-12,15,22,25H,13-14,16H2. The fraction of sp³-hybridized carbons (Fsp3) is 0.182. The van der Waals surface area contributed by atoms with Gasteiger partial charge in [-0.3, -0.25) is 0 Å². The van der Waals surface area contributed by atoms with Gasteiger partial charge in [-0.05, 0) is 70.6 Å². The van der Waals surface area contributed by atoms with Crippen molar-refractivity contribution in [2.45, 2.75) is 19.1 Å². The highest BCUT2D eigenvalue weighted by Crippen LogP contribution is 2.26. The van der Waals surface area contributed by atoms with Gasteiger partial charge in [0.25, 0.3) is 0 Å². The molecule has 0 aliphatic heterocycles. The number of ether oxygens (including phenoxy) is 1. The van der Waals surface area contributed by atoms with Crippen LogP contribution in [0.1, 0.15) is 23.7 Å². The molecule has 0 spiro atoms. The van der Waals surface area contributed by atoms with Crippen molar-refractivity contribution in [3.05, 3.63) is 99.4 Å². The Labute approximate surface area is 167 Å². The number of hydrogen-bond donors (Lipinski definition) is 1. The Bertz CT molecular complexity index is 808. The molecule has 0 fully saturated rings. The van der Waals surface area contributed by atoms with Crippen LogP contribution in [0.25, 0.3) is 0 Å². The second kappa shape index (κ2) is 9.69. The van der Waals surface area contributed by atoms with Gasteiger partial charge in [0.15, 0.2) is 0 Å². The molecule has 0 bridgehead atoms. The number of nitrogens with one attached hydrogen (secondary N) is 1. The highest BCUT2D eigenvalue weighted by atomic mass is 127. The first kappa shape index (κ1) is 18.9. The smallest absolute Gasteiger partial charge is 0.125 e. The summed E-state index contributed by atoms with van der Waals surface area (Å²) in [5.74, 6) is 0.596. The van der Waals surface area contributed by atoms with E-state index in [1.807, 2.05) is 42.5 Å². The van der Waals surface area contributed by atoms with Gasteiger partial charge in [0.2, 0.25) is 0 Å². The van der Waals surface area contributed by atoms with Crippen molar-refractivity contribution >= 4 is 22.6 Å². The number of benzene rings is 3. The normalized spacial score (nSPS) is 11.9. The molecule has 2 nitrogen and oxygen atoms in total. The van der Waals surface area contributed by atoms with Crippen LogP contribution in [0, 0.1) is 9.39 Å². The van der Waals surface area contributed by atoms with Crippen LogP contribution in [0.4, 0.5) is 4.39 Å². The van der Waals surface area contributed by atoms with Gasteiger partial charge in [-0.25, -0.2) is 4.39 Å². The van der Waals surface area contributed by atoms with Crippen molar-refractivity contribution in [3.63, 3.8) is 0 Å². The molecule has 0 aliphatic carbocycles. The summed E-state index contributed by atoms with van der Waals surface area (Å²) < 4.78 is 20.6. The summed E-state index contributed by atoms with van der Waals surface area (Å²) in [5.41, 5.74) is 2.23. The maximum Gasteiger partial charge on any atom is 0.125 e. The summed E-state index contributed by atoms with van der Waals surface area (Å²) >= 11 is 2.27. The van der Waals surface area contributed by atoms with Crippen molar-refractivity contribution in [2.75, 3.05) is 6.54 Å². The lowest BCUT2D eigenvalue weighted by Gasteiger charge is -2.20. The molecular weight excluding hydrogens is 440 g/mol. The van der Waals surface area contributed by atoms with Crippen molar-refractivity contribution in [1.82, 2.24) is 5.32 Å². The van der Waals surface area contributed by atoms with Gasteiger partial charge in [-0.1, -0.05) is 48.5 Å². The van der Waals surface area contributed by atoms with E-state index in [0.717, 1.165) is 34.4 Å². The van der Waals surface area contributed by atoms with Crippen LogP contribution in [-0.2, 0) is 6.54 Å². The van der Waals surface area contributed by atoms with Crippen molar-refractivity contribution < 1.29 is 9.13 Å². The summed E-state index contributed by atoms with van der Waals surface area (Å²) in [7, 11) is 0. The van der Waals surface area contributed by atoms with Gasteiger partial charge in [0.1, 0.15) is 17.7 Å². The molecule has 134 valence electrons. The van der Waals surface area contributed by atoms with Gasteiger partial charge in [-0.2, -0.15) is 0 Å². The second-order valence-corrected chi connectivity index (χ2v) is 7.31. The van der Waals surface area contributed by atoms with E-state index in [9.17, 15) is 4.39 Å². The molecule has 0 radical (unpaired) electrons. The van der Waals surface area contributed by atoms with E-state index in [2.05, 4.69) is 40.0 Å². The molecule has 4 heteroatoms. The van der Waals surface area contributed by atoms with Crippen molar-refractivity contribution in [2.24, 2.45) is 0 Å². The first-order valence-electron chi connectivity index (χ1n) is 8.63. The third kappa shape index (κ3) is 5.81. The van der Waals surface area contributed by atoms with E-state index in [0.29, 0.717) is 0 Å². The third-order valence-electron chi connectivity index (χ3n) is 4.07. The fourth-order valence-corrected chi connectivity index (χ4v) is 3.25. The predicted molar refractivity (Wildman–Crippen MR) is 112 cm³/mol. The minimum absolute atomic E-state index is 0.128. The monoisotopic (exact) mass is 461 g/mol. The van der Waals surface area contributed by atoms with Crippen molar-refractivity contribution in [1.29, 1.82) is 0 Å². The topological polar surface area (TPSA) is 21.3 Å².